The molecular formula is C17H23ClN4O3S. The molecule has 26 heavy (non-hydrogen) atoms. The smallest absolute Gasteiger partial charge is 0.243 e. The molecule has 2 heterocycles. The summed E-state index contributed by atoms with van der Waals surface area (Å²) in [6, 6.07) is 6.27. The molecule has 0 N–H and O–H groups in total. The van der Waals surface area contributed by atoms with Crippen LogP contribution >= 0.6 is 11.6 Å². The van der Waals surface area contributed by atoms with E-state index >= 15 is 0 Å². The van der Waals surface area contributed by atoms with E-state index in [1.54, 1.807) is 24.3 Å². The summed E-state index contributed by atoms with van der Waals surface area (Å²) in [4.78, 5) is 6.80. The van der Waals surface area contributed by atoms with Crippen molar-refractivity contribution in [3.05, 3.63) is 41.0 Å². The summed E-state index contributed by atoms with van der Waals surface area (Å²) >= 11 is 5.84. The molecule has 0 aliphatic carbocycles. The molecule has 0 unspecified atom stereocenters. The summed E-state index contributed by atoms with van der Waals surface area (Å²) in [5, 5.41) is 4.51. The maximum Gasteiger partial charge on any atom is 0.243 e. The Morgan fingerprint density at radius 3 is 2.42 bits per heavy atom. The summed E-state index contributed by atoms with van der Waals surface area (Å²) in [7, 11) is -3.49. The molecule has 1 aromatic carbocycles. The molecule has 0 radical (unpaired) electrons. The van der Waals surface area contributed by atoms with Crippen LogP contribution in [0, 0.1) is 5.92 Å². The van der Waals surface area contributed by atoms with Crippen LogP contribution in [0.1, 0.15) is 25.6 Å². The van der Waals surface area contributed by atoms with Crippen LogP contribution in [0.3, 0.4) is 0 Å². The Balaban J connectivity index is 1.57. The quantitative estimate of drug-likeness (QED) is 0.743. The minimum absolute atomic E-state index is 0.269. The molecule has 0 spiro atoms. The number of sulfonamides is 1. The van der Waals surface area contributed by atoms with Crippen LogP contribution in [-0.2, 0) is 23.0 Å². The number of piperazine rings is 1. The number of hydrogen-bond acceptors (Lipinski definition) is 6. The Morgan fingerprint density at radius 1 is 1.15 bits per heavy atom. The Bertz CT molecular complexity index is 828. The summed E-state index contributed by atoms with van der Waals surface area (Å²) in [5.41, 5.74) is 0. The number of nitrogens with zero attached hydrogens (tertiary/aromatic N) is 4. The molecule has 1 fully saturated rings. The number of aromatic nitrogens is 2. The van der Waals surface area contributed by atoms with Crippen LogP contribution in [0.2, 0.25) is 5.02 Å². The lowest BCUT2D eigenvalue weighted by Gasteiger charge is -2.33. The van der Waals surface area contributed by atoms with Crippen molar-refractivity contribution < 1.29 is 12.9 Å². The van der Waals surface area contributed by atoms with Crippen molar-refractivity contribution in [1.82, 2.24) is 19.3 Å². The van der Waals surface area contributed by atoms with Crippen molar-refractivity contribution in [2.24, 2.45) is 5.92 Å². The number of benzene rings is 1. The van der Waals surface area contributed by atoms with E-state index in [9.17, 15) is 8.42 Å². The fraction of sp³-hybridized carbons (Fsp3) is 0.529. The first-order chi connectivity index (χ1) is 12.3. The lowest BCUT2D eigenvalue weighted by molar-refractivity contribution is 0.163. The zero-order valence-corrected chi connectivity index (χ0v) is 16.5. The predicted molar refractivity (Wildman–Crippen MR) is 98.3 cm³/mol. The van der Waals surface area contributed by atoms with Crippen molar-refractivity contribution in [2.45, 2.75) is 31.7 Å². The van der Waals surface area contributed by atoms with Crippen LogP contribution in [0.5, 0.6) is 0 Å². The monoisotopic (exact) mass is 398 g/mol. The van der Waals surface area contributed by atoms with Gasteiger partial charge >= 0.3 is 0 Å². The highest BCUT2D eigenvalue weighted by atomic mass is 35.5. The predicted octanol–water partition coefficient (Wildman–Crippen LogP) is 2.43. The molecule has 2 aromatic rings. The third kappa shape index (κ3) is 4.62. The van der Waals surface area contributed by atoms with E-state index < -0.39 is 10.0 Å². The Morgan fingerprint density at radius 2 is 1.81 bits per heavy atom. The standard InChI is InChI=1S/C17H23ClN4O3S/c1-13(2)11-16-19-17(25-20-16)12-21-7-9-22(10-8-21)26(23,24)15-5-3-14(18)4-6-15/h3-6,13H,7-12H2,1-2H3. The van der Waals surface area contributed by atoms with E-state index in [4.69, 9.17) is 16.1 Å². The van der Waals surface area contributed by atoms with Gasteiger partial charge in [0.25, 0.3) is 0 Å². The normalized spacial score (nSPS) is 17.1. The van der Waals surface area contributed by atoms with E-state index in [-0.39, 0.29) is 4.90 Å². The van der Waals surface area contributed by atoms with Gasteiger partial charge in [-0.2, -0.15) is 9.29 Å². The van der Waals surface area contributed by atoms with E-state index in [1.807, 2.05) is 0 Å². The average Bonchev–Trinajstić information content (AvgIpc) is 3.02. The van der Waals surface area contributed by atoms with Gasteiger partial charge in [0.1, 0.15) is 0 Å². The highest BCUT2D eigenvalue weighted by Gasteiger charge is 2.29. The fourth-order valence-electron chi connectivity index (χ4n) is 2.88. The van der Waals surface area contributed by atoms with Gasteiger partial charge in [0.05, 0.1) is 11.4 Å². The second-order valence-electron chi connectivity index (χ2n) is 6.84. The molecule has 1 aromatic heterocycles. The van der Waals surface area contributed by atoms with Gasteiger partial charge in [-0.1, -0.05) is 30.6 Å². The molecule has 1 aliphatic rings. The topological polar surface area (TPSA) is 79.5 Å². The molecule has 1 saturated heterocycles. The van der Waals surface area contributed by atoms with E-state index in [0.29, 0.717) is 49.6 Å². The van der Waals surface area contributed by atoms with Crippen molar-refractivity contribution in [3.63, 3.8) is 0 Å². The Labute approximate surface area is 159 Å². The second kappa shape index (κ2) is 8.04. The zero-order chi connectivity index (χ0) is 18.7. The van der Waals surface area contributed by atoms with Crippen molar-refractivity contribution in [3.8, 4) is 0 Å². The van der Waals surface area contributed by atoms with Crippen molar-refractivity contribution >= 4 is 21.6 Å². The van der Waals surface area contributed by atoms with Crippen molar-refractivity contribution in [2.75, 3.05) is 26.2 Å². The molecule has 9 heteroatoms. The minimum atomic E-state index is -3.49. The average molecular weight is 399 g/mol. The SMILES string of the molecule is CC(C)Cc1noc(CN2CCN(S(=O)(=O)c3ccc(Cl)cc3)CC2)n1. The lowest BCUT2D eigenvalue weighted by atomic mass is 10.1. The van der Waals surface area contributed by atoms with Crippen LogP contribution < -0.4 is 0 Å². The molecule has 0 atom stereocenters. The lowest BCUT2D eigenvalue weighted by Crippen LogP contribution is -2.48. The van der Waals surface area contributed by atoms with Gasteiger partial charge in [0, 0.05) is 37.6 Å². The number of hydrogen-bond donors (Lipinski definition) is 0. The summed E-state index contributed by atoms with van der Waals surface area (Å²) < 4.78 is 32.2. The number of halogens is 1. The summed E-state index contributed by atoms with van der Waals surface area (Å²) in [6.07, 6.45) is 0.788. The molecule has 7 nitrogen and oxygen atoms in total. The molecule has 3 rings (SSSR count). The van der Waals surface area contributed by atoms with Gasteiger partial charge in [-0.3, -0.25) is 4.90 Å². The molecule has 0 bridgehead atoms. The Hall–Kier alpha value is -1.48. The second-order valence-corrected chi connectivity index (χ2v) is 9.21. The van der Waals surface area contributed by atoms with E-state index in [2.05, 4.69) is 28.9 Å². The Kier molecular flexibility index (Phi) is 5.96. The van der Waals surface area contributed by atoms with Gasteiger partial charge in [0.15, 0.2) is 5.82 Å². The van der Waals surface area contributed by atoms with Crippen LogP contribution in [0.15, 0.2) is 33.7 Å². The third-order valence-corrected chi connectivity index (χ3v) is 6.41. The van der Waals surface area contributed by atoms with E-state index in [0.717, 1.165) is 12.2 Å². The van der Waals surface area contributed by atoms with Gasteiger partial charge < -0.3 is 4.52 Å². The first-order valence-electron chi connectivity index (χ1n) is 8.64. The van der Waals surface area contributed by atoms with Crippen molar-refractivity contribution in [1.29, 1.82) is 0 Å². The van der Waals surface area contributed by atoms with Crippen LogP contribution in [-0.4, -0.2) is 53.9 Å². The van der Waals surface area contributed by atoms with Gasteiger partial charge in [0.2, 0.25) is 15.9 Å². The summed E-state index contributed by atoms with van der Waals surface area (Å²) in [5.74, 6) is 1.77. The molecule has 0 amide bonds. The summed E-state index contributed by atoms with van der Waals surface area (Å²) in [6.45, 7) is 6.85. The first kappa shape index (κ1) is 19.3. The van der Waals surface area contributed by atoms with Gasteiger partial charge in [-0.25, -0.2) is 8.42 Å². The minimum Gasteiger partial charge on any atom is -0.338 e. The fourth-order valence-corrected chi connectivity index (χ4v) is 4.43. The number of rotatable bonds is 6. The molecule has 142 valence electrons. The maximum absolute atomic E-state index is 12.7. The first-order valence-corrected chi connectivity index (χ1v) is 10.5. The van der Waals surface area contributed by atoms with Crippen LogP contribution in [0.4, 0.5) is 0 Å². The molecular weight excluding hydrogens is 376 g/mol. The zero-order valence-electron chi connectivity index (χ0n) is 14.9. The van der Waals surface area contributed by atoms with Gasteiger partial charge in [-0.15, -0.1) is 0 Å². The van der Waals surface area contributed by atoms with E-state index in [1.165, 1.54) is 4.31 Å². The highest BCUT2D eigenvalue weighted by molar-refractivity contribution is 7.89. The maximum atomic E-state index is 12.7. The highest BCUT2D eigenvalue weighted by Crippen LogP contribution is 2.20. The van der Waals surface area contributed by atoms with Crippen LogP contribution in [0.25, 0.3) is 0 Å². The molecule has 1 aliphatic heterocycles. The largest absolute Gasteiger partial charge is 0.338 e. The van der Waals surface area contributed by atoms with Gasteiger partial charge in [-0.05, 0) is 30.2 Å². The third-order valence-electron chi connectivity index (χ3n) is 4.24. The molecule has 0 saturated carbocycles.